The molecule has 0 spiro atoms. The van der Waals surface area contributed by atoms with Gasteiger partial charge in [0, 0.05) is 25.4 Å². The summed E-state index contributed by atoms with van der Waals surface area (Å²) >= 11 is 0. The van der Waals surface area contributed by atoms with Crippen molar-refractivity contribution in [1.82, 2.24) is 0 Å². The second-order valence-electron chi connectivity index (χ2n) is 4.79. The second kappa shape index (κ2) is 5.65. The van der Waals surface area contributed by atoms with Crippen LogP contribution in [-0.4, -0.2) is 28.6 Å². The monoisotopic (exact) mass is 256 g/mol. The summed E-state index contributed by atoms with van der Waals surface area (Å²) in [4.78, 5) is 0. The number of rotatable bonds is 7. The molecule has 0 radical (unpaired) electrons. The van der Waals surface area contributed by atoms with Gasteiger partial charge in [0.15, 0.2) is 0 Å². The summed E-state index contributed by atoms with van der Waals surface area (Å²) < 4.78 is 18.0. The summed E-state index contributed by atoms with van der Waals surface area (Å²) in [6.45, 7) is 8.14. The highest BCUT2D eigenvalue weighted by Crippen LogP contribution is 2.52. The molecule has 3 nitrogen and oxygen atoms in total. The minimum Gasteiger partial charge on any atom is -0.374 e. The molecule has 1 fully saturated rings. The van der Waals surface area contributed by atoms with Gasteiger partial charge < -0.3 is 13.3 Å². The van der Waals surface area contributed by atoms with E-state index in [4.69, 9.17) is 13.3 Å². The van der Waals surface area contributed by atoms with Crippen LogP contribution in [0.1, 0.15) is 33.6 Å². The van der Waals surface area contributed by atoms with Crippen LogP contribution in [-0.2, 0) is 13.3 Å². The summed E-state index contributed by atoms with van der Waals surface area (Å²) in [6.07, 6.45) is 7.15. The van der Waals surface area contributed by atoms with E-state index in [1.807, 2.05) is 20.8 Å². The minimum absolute atomic E-state index is 0.484. The topological polar surface area (TPSA) is 27.7 Å². The zero-order valence-corrected chi connectivity index (χ0v) is 12.1. The Morgan fingerprint density at radius 3 is 1.88 bits per heavy atom. The number of fused-ring (bicyclic) bond motifs is 2. The van der Waals surface area contributed by atoms with E-state index in [9.17, 15) is 0 Å². The van der Waals surface area contributed by atoms with Crippen molar-refractivity contribution in [3.63, 3.8) is 0 Å². The summed E-state index contributed by atoms with van der Waals surface area (Å²) in [7, 11) is -2.47. The van der Waals surface area contributed by atoms with Crippen LogP contribution in [0.4, 0.5) is 0 Å². The van der Waals surface area contributed by atoms with Gasteiger partial charge in [0.1, 0.15) is 0 Å². The minimum atomic E-state index is -2.47. The van der Waals surface area contributed by atoms with Gasteiger partial charge >= 0.3 is 8.80 Å². The van der Waals surface area contributed by atoms with Crippen molar-refractivity contribution in [1.29, 1.82) is 0 Å². The Balaban J connectivity index is 2.15. The Labute approximate surface area is 106 Å². The van der Waals surface area contributed by atoms with Crippen molar-refractivity contribution in [2.24, 2.45) is 11.8 Å². The molecule has 2 aliphatic rings. The molecule has 0 saturated heterocycles. The predicted octanol–water partition coefficient (Wildman–Crippen LogP) is 3.00. The molecule has 0 heterocycles. The largest absolute Gasteiger partial charge is 0.504 e. The highest BCUT2D eigenvalue weighted by atomic mass is 28.4. The van der Waals surface area contributed by atoms with Crippen LogP contribution >= 0.6 is 0 Å². The van der Waals surface area contributed by atoms with Crippen molar-refractivity contribution in [3.05, 3.63) is 12.2 Å². The van der Waals surface area contributed by atoms with Crippen LogP contribution in [0.2, 0.25) is 5.54 Å². The van der Waals surface area contributed by atoms with E-state index in [1.54, 1.807) is 0 Å². The van der Waals surface area contributed by atoms with Crippen LogP contribution in [0.25, 0.3) is 0 Å². The third-order valence-corrected chi connectivity index (χ3v) is 7.41. The van der Waals surface area contributed by atoms with E-state index in [0.717, 1.165) is 5.92 Å². The van der Waals surface area contributed by atoms with Crippen molar-refractivity contribution < 1.29 is 13.3 Å². The summed E-state index contributed by atoms with van der Waals surface area (Å²) in [5.41, 5.74) is 0.484. The van der Waals surface area contributed by atoms with Crippen molar-refractivity contribution in [2.45, 2.75) is 39.2 Å². The van der Waals surface area contributed by atoms with Crippen LogP contribution in [0.5, 0.6) is 0 Å². The standard InChI is InChI=1S/C13H24O3Si/c1-4-14-17(15-5-2,16-6-3)13-10-11-7-8-12(13)9-11/h7-8,11-13H,4-6,9-10H2,1-3H3/t11-,12+,13+/m0/s1. The maximum Gasteiger partial charge on any atom is 0.504 e. The molecule has 3 atom stereocenters. The summed E-state index contributed by atoms with van der Waals surface area (Å²) in [5, 5.41) is 0. The summed E-state index contributed by atoms with van der Waals surface area (Å²) in [5.74, 6) is 1.36. The molecule has 0 aromatic carbocycles. The quantitative estimate of drug-likeness (QED) is 0.518. The highest BCUT2D eigenvalue weighted by molar-refractivity contribution is 6.62. The molecule has 0 aromatic heterocycles. The molecule has 2 bridgehead atoms. The predicted molar refractivity (Wildman–Crippen MR) is 69.7 cm³/mol. The molecule has 1 saturated carbocycles. The Kier molecular flexibility index (Phi) is 4.41. The summed E-state index contributed by atoms with van der Waals surface area (Å²) in [6, 6.07) is 0. The van der Waals surface area contributed by atoms with E-state index < -0.39 is 8.80 Å². The smallest absolute Gasteiger partial charge is 0.374 e. The van der Waals surface area contributed by atoms with Gasteiger partial charge in [0.25, 0.3) is 0 Å². The number of hydrogen-bond acceptors (Lipinski definition) is 3. The fourth-order valence-electron chi connectivity index (χ4n) is 3.24. The first-order chi connectivity index (χ1) is 8.25. The molecular formula is C13H24O3Si. The average molecular weight is 256 g/mol. The SMILES string of the molecule is CCO[Si](OCC)(OCC)[C@@H]1C[C@H]2C=C[C@@H]1C2. The van der Waals surface area contributed by atoms with Crippen molar-refractivity contribution in [2.75, 3.05) is 19.8 Å². The molecular weight excluding hydrogens is 232 g/mol. The van der Waals surface area contributed by atoms with Crippen molar-refractivity contribution in [3.8, 4) is 0 Å². The molecule has 98 valence electrons. The van der Waals surface area contributed by atoms with Crippen LogP contribution in [0, 0.1) is 11.8 Å². The highest BCUT2D eigenvalue weighted by Gasteiger charge is 2.56. The molecule has 0 unspecified atom stereocenters. The molecule has 0 aromatic rings. The van der Waals surface area contributed by atoms with Crippen LogP contribution in [0.15, 0.2) is 12.2 Å². The molecule has 0 aliphatic heterocycles. The number of allylic oxidation sites excluding steroid dienone is 2. The van der Waals surface area contributed by atoms with Gasteiger partial charge in [-0.2, -0.15) is 0 Å². The first-order valence-corrected chi connectivity index (χ1v) is 8.66. The Morgan fingerprint density at radius 1 is 0.941 bits per heavy atom. The lowest BCUT2D eigenvalue weighted by atomic mass is 10.1. The molecule has 0 N–H and O–H groups in total. The van der Waals surface area contributed by atoms with Gasteiger partial charge in [0.05, 0.1) is 0 Å². The maximum absolute atomic E-state index is 6.01. The first kappa shape index (κ1) is 13.3. The first-order valence-electron chi connectivity index (χ1n) is 6.85. The van der Waals surface area contributed by atoms with Gasteiger partial charge in [-0.05, 0) is 45.4 Å². The van der Waals surface area contributed by atoms with Crippen LogP contribution in [0.3, 0.4) is 0 Å². The average Bonchev–Trinajstić information content (AvgIpc) is 2.91. The number of hydrogen-bond donors (Lipinski definition) is 0. The fourth-order valence-corrected chi connectivity index (χ4v) is 6.70. The molecule has 0 amide bonds. The van der Waals surface area contributed by atoms with E-state index in [-0.39, 0.29) is 0 Å². The Bertz CT molecular complexity index is 263. The Hall–Kier alpha value is -0.163. The van der Waals surface area contributed by atoms with E-state index in [1.165, 1.54) is 12.8 Å². The van der Waals surface area contributed by atoms with Gasteiger partial charge in [-0.3, -0.25) is 0 Å². The molecule has 17 heavy (non-hydrogen) atoms. The fraction of sp³-hybridized carbons (Fsp3) is 0.846. The lowest BCUT2D eigenvalue weighted by Crippen LogP contribution is -2.51. The van der Waals surface area contributed by atoms with Gasteiger partial charge in [0.2, 0.25) is 0 Å². The second-order valence-corrected chi connectivity index (χ2v) is 7.60. The maximum atomic E-state index is 6.01. The molecule has 4 heteroatoms. The third kappa shape index (κ3) is 2.50. The van der Waals surface area contributed by atoms with Crippen molar-refractivity contribution >= 4 is 8.80 Å². The van der Waals surface area contributed by atoms with E-state index in [0.29, 0.717) is 31.3 Å². The zero-order chi connectivity index (χ0) is 12.3. The lowest BCUT2D eigenvalue weighted by molar-refractivity contribution is 0.0578. The van der Waals surface area contributed by atoms with Gasteiger partial charge in [-0.1, -0.05) is 12.2 Å². The van der Waals surface area contributed by atoms with Gasteiger partial charge in [-0.15, -0.1) is 0 Å². The lowest BCUT2D eigenvalue weighted by Gasteiger charge is -2.36. The zero-order valence-electron chi connectivity index (χ0n) is 11.1. The molecule has 2 rings (SSSR count). The normalized spacial score (nSPS) is 31.4. The third-order valence-electron chi connectivity index (χ3n) is 3.77. The van der Waals surface area contributed by atoms with E-state index in [2.05, 4.69) is 12.2 Å². The molecule has 2 aliphatic carbocycles. The van der Waals surface area contributed by atoms with E-state index >= 15 is 0 Å². The van der Waals surface area contributed by atoms with Crippen LogP contribution < -0.4 is 0 Å². The Morgan fingerprint density at radius 2 is 1.53 bits per heavy atom. The van der Waals surface area contributed by atoms with Gasteiger partial charge in [-0.25, -0.2) is 0 Å².